The molecule has 1 saturated heterocycles. The molecule has 0 saturated carbocycles. The number of phosphoric ester groups is 1. The average molecular weight is 547 g/mol. The molecule has 1 aliphatic rings. The van der Waals surface area contributed by atoms with Gasteiger partial charge in [0.2, 0.25) is 0 Å². The lowest BCUT2D eigenvalue weighted by atomic mass is 10.0. The Hall–Kier alpha value is -1.18. The minimum atomic E-state index is -5.78. The van der Waals surface area contributed by atoms with Crippen molar-refractivity contribution in [2.24, 2.45) is 0 Å². The molecule has 2 aromatic rings. The fraction of sp³-hybridized carbons (Fsp3) is 0.462. The van der Waals surface area contributed by atoms with E-state index in [1.807, 2.05) is 0 Å². The van der Waals surface area contributed by atoms with Gasteiger partial charge in [-0.15, -0.1) is 11.3 Å². The minimum absolute atomic E-state index is 0.302. The van der Waals surface area contributed by atoms with Gasteiger partial charge in [-0.1, -0.05) is 0 Å². The molecular weight excluding hydrogens is 531 g/mol. The van der Waals surface area contributed by atoms with Gasteiger partial charge in [-0.05, 0) is 12.3 Å². The molecule has 0 aliphatic carbocycles. The maximum atomic E-state index is 12.0. The van der Waals surface area contributed by atoms with E-state index in [-0.39, 0.29) is 0 Å². The van der Waals surface area contributed by atoms with Gasteiger partial charge in [-0.3, -0.25) is 14.1 Å². The van der Waals surface area contributed by atoms with E-state index in [2.05, 4.69) is 28.0 Å². The van der Waals surface area contributed by atoms with Crippen molar-refractivity contribution in [3.05, 3.63) is 34.4 Å². The number of hydrogen-bond donors (Lipinski definition) is 6. The van der Waals surface area contributed by atoms with Crippen LogP contribution in [0.15, 0.2) is 11.7 Å². The molecule has 2 unspecified atom stereocenters. The summed E-state index contributed by atoms with van der Waals surface area (Å²) in [4.78, 5) is 47.1. The Kier molecular flexibility index (Phi) is 7.30. The topological polar surface area (TPSA) is 240 Å². The Balaban J connectivity index is 1.81. The average Bonchev–Trinajstić information content (AvgIpc) is 3.19. The van der Waals surface area contributed by atoms with E-state index in [4.69, 9.17) is 21.1 Å². The summed E-state index contributed by atoms with van der Waals surface area (Å²) in [6.07, 6.45) is -3.74. The number of rotatable bonds is 8. The fourth-order valence-corrected chi connectivity index (χ4v) is 6.99. The van der Waals surface area contributed by atoms with Crippen LogP contribution >= 0.6 is 34.8 Å². The third-order valence-corrected chi connectivity index (χ3v) is 9.21. The molecule has 1 aliphatic heterocycles. The maximum absolute atomic E-state index is 12.0. The third-order valence-electron chi connectivity index (χ3n) is 4.33. The van der Waals surface area contributed by atoms with Crippen LogP contribution in [-0.4, -0.2) is 64.3 Å². The lowest BCUT2D eigenvalue weighted by Gasteiger charge is -2.21. The van der Waals surface area contributed by atoms with Gasteiger partial charge < -0.3 is 29.8 Å². The van der Waals surface area contributed by atoms with Crippen molar-refractivity contribution in [1.82, 2.24) is 9.97 Å². The molecule has 0 amide bonds. The molecule has 33 heavy (non-hydrogen) atoms. The Bertz CT molecular complexity index is 1240. The van der Waals surface area contributed by atoms with Gasteiger partial charge in [-0.2, -0.15) is 8.62 Å². The van der Waals surface area contributed by atoms with Crippen molar-refractivity contribution < 1.29 is 61.4 Å². The SMILES string of the molecule is [C-]#[N+][C@]1(COP(=O)(O)OP(=O)(O)OP(=O)(O)O)O[C@@H](c2csc3c(C)ncnc23)[C@H](O)[C@@H]1O. The zero-order valence-electron chi connectivity index (χ0n) is 16.2. The first-order valence-corrected chi connectivity index (χ1v) is 13.9. The van der Waals surface area contributed by atoms with Crippen LogP contribution in [0, 0.1) is 13.5 Å². The second-order valence-corrected chi connectivity index (χ2v) is 11.9. The number of fused-ring (bicyclic) bond motifs is 1. The van der Waals surface area contributed by atoms with Gasteiger partial charge in [0, 0.05) is 5.56 Å². The molecule has 0 radical (unpaired) electrons. The van der Waals surface area contributed by atoms with Crippen LogP contribution in [-0.2, 0) is 31.6 Å². The van der Waals surface area contributed by atoms with E-state index in [0.29, 0.717) is 21.5 Å². The van der Waals surface area contributed by atoms with Crippen LogP contribution in [0.5, 0.6) is 0 Å². The van der Waals surface area contributed by atoms with Gasteiger partial charge in [0.05, 0.1) is 15.9 Å². The summed E-state index contributed by atoms with van der Waals surface area (Å²) in [5, 5.41) is 22.5. The van der Waals surface area contributed by atoms with Crippen molar-refractivity contribution in [2.45, 2.75) is 31.0 Å². The largest absolute Gasteiger partial charge is 0.490 e. The number of aliphatic hydroxyl groups is 2. The lowest BCUT2D eigenvalue weighted by Crippen LogP contribution is -2.44. The highest BCUT2D eigenvalue weighted by atomic mass is 32.1. The Morgan fingerprint density at radius 2 is 1.85 bits per heavy atom. The van der Waals surface area contributed by atoms with Crippen LogP contribution in [0.1, 0.15) is 17.4 Å². The van der Waals surface area contributed by atoms with Crippen molar-refractivity contribution >= 4 is 45.0 Å². The highest BCUT2D eigenvalue weighted by Crippen LogP contribution is 2.66. The van der Waals surface area contributed by atoms with Gasteiger partial charge in [0.15, 0.2) is 12.7 Å². The van der Waals surface area contributed by atoms with Crippen molar-refractivity contribution in [1.29, 1.82) is 0 Å². The molecule has 0 bridgehead atoms. The second-order valence-electron chi connectivity index (χ2n) is 6.62. The van der Waals surface area contributed by atoms with Crippen LogP contribution in [0.25, 0.3) is 15.1 Å². The molecule has 3 heterocycles. The molecule has 182 valence electrons. The highest BCUT2D eigenvalue weighted by Gasteiger charge is 2.62. The summed E-state index contributed by atoms with van der Waals surface area (Å²) in [6, 6.07) is 0. The predicted molar refractivity (Wildman–Crippen MR) is 107 cm³/mol. The number of nitrogens with zero attached hydrogens (tertiary/aromatic N) is 3. The highest BCUT2D eigenvalue weighted by molar-refractivity contribution is 7.66. The van der Waals surface area contributed by atoms with Crippen LogP contribution in [0.3, 0.4) is 0 Å². The van der Waals surface area contributed by atoms with Gasteiger partial charge in [0.25, 0.3) is 0 Å². The van der Waals surface area contributed by atoms with Gasteiger partial charge in [0.1, 0.15) is 18.5 Å². The third kappa shape index (κ3) is 5.73. The molecule has 0 spiro atoms. The number of phosphoric acid groups is 3. The summed E-state index contributed by atoms with van der Waals surface area (Å²) < 4.78 is 51.9. The Morgan fingerprint density at radius 1 is 1.18 bits per heavy atom. The number of aromatic nitrogens is 2. The minimum Gasteiger partial charge on any atom is -0.387 e. The zero-order chi connectivity index (χ0) is 24.8. The molecule has 6 N–H and O–H groups in total. The number of hydrogen-bond acceptors (Lipinski definition) is 12. The number of aryl methyl sites for hydroxylation is 1. The Labute approximate surface area is 188 Å². The van der Waals surface area contributed by atoms with E-state index in [0.717, 1.165) is 0 Å². The monoisotopic (exact) mass is 547 g/mol. The standard InChI is InChI=1S/C13H16N3O13P3S/c1-6-11-8(16-5-15-6)7(3-33-11)10-9(17)12(18)13(14-2,27-10)4-26-31(22,23)29-32(24,25)28-30(19,20)21/h3,5,9-10,12,17-18H,4H2,1H3,(H,22,23)(H,24,25)(H2,19,20,21)/t9-,10-,12-,13+/m0/s1. The van der Waals surface area contributed by atoms with Crippen LogP contribution in [0.2, 0.25) is 0 Å². The molecule has 2 aromatic heterocycles. The first-order chi connectivity index (χ1) is 15.1. The first kappa shape index (κ1) is 26.4. The smallest absolute Gasteiger partial charge is 0.387 e. The summed E-state index contributed by atoms with van der Waals surface area (Å²) in [5.74, 6) is 0. The van der Waals surface area contributed by atoms with Crippen molar-refractivity contribution in [2.75, 3.05) is 6.61 Å². The van der Waals surface area contributed by atoms with Crippen molar-refractivity contribution in [3.8, 4) is 0 Å². The molecule has 6 atom stereocenters. The fourth-order valence-electron chi connectivity index (χ4n) is 2.95. The van der Waals surface area contributed by atoms with Gasteiger partial charge in [-0.25, -0.2) is 30.2 Å². The van der Waals surface area contributed by atoms with Crippen LogP contribution in [0.4, 0.5) is 0 Å². The Morgan fingerprint density at radius 3 is 2.45 bits per heavy atom. The molecule has 20 heteroatoms. The van der Waals surface area contributed by atoms with Crippen molar-refractivity contribution in [3.63, 3.8) is 0 Å². The van der Waals surface area contributed by atoms with E-state index in [1.54, 1.807) is 12.3 Å². The molecule has 16 nitrogen and oxygen atoms in total. The summed E-state index contributed by atoms with van der Waals surface area (Å²) >= 11 is 1.22. The number of ether oxygens (including phenoxy) is 1. The predicted octanol–water partition coefficient (Wildman–Crippen LogP) is 0.752. The molecule has 3 rings (SSSR count). The van der Waals surface area contributed by atoms with E-state index >= 15 is 0 Å². The summed E-state index contributed by atoms with van der Waals surface area (Å²) in [7, 11) is -17.0. The van der Waals surface area contributed by atoms with E-state index in [1.165, 1.54) is 17.7 Å². The van der Waals surface area contributed by atoms with Gasteiger partial charge >= 0.3 is 29.2 Å². The second kappa shape index (κ2) is 9.12. The number of aliphatic hydroxyl groups excluding tert-OH is 2. The first-order valence-electron chi connectivity index (χ1n) is 8.49. The quantitative estimate of drug-likeness (QED) is 0.197. The molecular formula is C13H16N3O13P3S. The number of thiophene rings is 1. The van der Waals surface area contributed by atoms with Crippen LogP contribution < -0.4 is 0 Å². The molecule has 0 aromatic carbocycles. The maximum Gasteiger partial charge on any atom is 0.490 e. The zero-order valence-corrected chi connectivity index (χ0v) is 19.7. The normalized spacial score (nSPS) is 29.5. The van der Waals surface area contributed by atoms with E-state index in [9.17, 15) is 33.7 Å². The van der Waals surface area contributed by atoms with E-state index < -0.39 is 54.1 Å². The molecule has 1 fully saturated rings. The summed E-state index contributed by atoms with van der Waals surface area (Å²) in [5.41, 5.74) is -1.15. The lowest BCUT2D eigenvalue weighted by molar-refractivity contribution is -0.0787. The summed E-state index contributed by atoms with van der Waals surface area (Å²) in [6.45, 7) is 7.83.